The highest BCUT2D eigenvalue weighted by Gasteiger charge is 2.10. The zero-order valence-electron chi connectivity index (χ0n) is 12.4. The lowest BCUT2D eigenvalue weighted by Crippen LogP contribution is -2.24. The fourth-order valence-electron chi connectivity index (χ4n) is 1.77. The second-order valence-corrected chi connectivity index (χ2v) is 4.56. The molecule has 5 heteroatoms. The fraction of sp³-hybridized carbons (Fsp3) is 0.533. The van der Waals surface area contributed by atoms with Crippen molar-refractivity contribution in [2.45, 2.75) is 26.7 Å². The molecule has 0 aliphatic heterocycles. The average Bonchev–Trinajstić information content (AvgIpc) is 2.43. The standard InChI is InChI=1S/C15H25N3O2/c1-3-5-9-20-10-8-18-14-11-12(16)6-7-13(14)15(19)17-4-2/h6-7,11,18H,3-5,8-10,16H2,1-2H3,(H,17,19). The lowest BCUT2D eigenvalue weighted by atomic mass is 10.1. The molecule has 1 amide bonds. The summed E-state index contributed by atoms with van der Waals surface area (Å²) >= 11 is 0. The average molecular weight is 279 g/mol. The van der Waals surface area contributed by atoms with Crippen molar-refractivity contribution in [1.29, 1.82) is 0 Å². The molecule has 0 fully saturated rings. The normalized spacial score (nSPS) is 10.3. The van der Waals surface area contributed by atoms with Crippen molar-refractivity contribution in [3.8, 4) is 0 Å². The number of nitrogens with two attached hydrogens (primary N) is 1. The molecule has 0 atom stereocenters. The van der Waals surface area contributed by atoms with Crippen LogP contribution in [0.5, 0.6) is 0 Å². The monoisotopic (exact) mass is 279 g/mol. The molecule has 0 unspecified atom stereocenters. The third-order valence-corrected chi connectivity index (χ3v) is 2.83. The van der Waals surface area contributed by atoms with Gasteiger partial charge in [-0.1, -0.05) is 13.3 Å². The van der Waals surface area contributed by atoms with Crippen molar-refractivity contribution in [1.82, 2.24) is 5.32 Å². The first-order valence-electron chi connectivity index (χ1n) is 7.18. The van der Waals surface area contributed by atoms with Gasteiger partial charge in [-0.3, -0.25) is 4.79 Å². The summed E-state index contributed by atoms with van der Waals surface area (Å²) in [5.74, 6) is -0.0955. The number of carbonyl (C=O) groups excluding carboxylic acids is 1. The van der Waals surface area contributed by atoms with Crippen molar-refractivity contribution >= 4 is 17.3 Å². The molecule has 0 heterocycles. The summed E-state index contributed by atoms with van der Waals surface area (Å²) in [7, 11) is 0. The highest BCUT2D eigenvalue weighted by Crippen LogP contribution is 2.19. The van der Waals surface area contributed by atoms with Crippen molar-refractivity contribution in [3.05, 3.63) is 23.8 Å². The Hall–Kier alpha value is -1.75. The summed E-state index contributed by atoms with van der Waals surface area (Å²) in [5, 5.41) is 5.99. The Labute approximate surface area is 120 Å². The van der Waals surface area contributed by atoms with Crippen LogP contribution in [0.25, 0.3) is 0 Å². The van der Waals surface area contributed by atoms with E-state index >= 15 is 0 Å². The van der Waals surface area contributed by atoms with Crippen LogP contribution in [0.2, 0.25) is 0 Å². The largest absolute Gasteiger partial charge is 0.399 e. The number of benzene rings is 1. The highest BCUT2D eigenvalue weighted by molar-refractivity contribution is 6.00. The molecular formula is C15H25N3O2. The Balaban J connectivity index is 2.54. The quantitative estimate of drug-likeness (QED) is 0.478. The van der Waals surface area contributed by atoms with Gasteiger partial charge in [0.1, 0.15) is 0 Å². The first-order chi connectivity index (χ1) is 9.69. The predicted molar refractivity (Wildman–Crippen MR) is 83.1 cm³/mol. The van der Waals surface area contributed by atoms with Crippen LogP contribution in [0.15, 0.2) is 18.2 Å². The van der Waals surface area contributed by atoms with E-state index in [4.69, 9.17) is 10.5 Å². The van der Waals surface area contributed by atoms with Crippen LogP contribution in [0, 0.1) is 0 Å². The number of amides is 1. The summed E-state index contributed by atoms with van der Waals surface area (Å²) in [6.45, 7) is 6.67. The number of hydrogen-bond donors (Lipinski definition) is 3. The molecule has 0 aliphatic rings. The van der Waals surface area contributed by atoms with E-state index in [2.05, 4.69) is 17.6 Å². The van der Waals surface area contributed by atoms with E-state index in [1.807, 2.05) is 6.92 Å². The van der Waals surface area contributed by atoms with Gasteiger partial charge in [-0.15, -0.1) is 0 Å². The minimum Gasteiger partial charge on any atom is -0.399 e. The van der Waals surface area contributed by atoms with Gasteiger partial charge in [-0.25, -0.2) is 0 Å². The Morgan fingerprint density at radius 2 is 2.10 bits per heavy atom. The molecular weight excluding hydrogens is 254 g/mol. The first kappa shape index (κ1) is 16.3. The topological polar surface area (TPSA) is 76.4 Å². The second-order valence-electron chi connectivity index (χ2n) is 4.56. The molecule has 0 bridgehead atoms. The van der Waals surface area contributed by atoms with Gasteiger partial charge in [0, 0.05) is 31.1 Å². The van der Waals surface area contributed by atoms with E-state index in [0.29, 0.717) is 30.9 Å². The van der Waals surface area contributed by atoms with Gasteiger partial charge in [0.05, 0.1) is 12.2 Å². The van der Waals surface area contributed by atoms with Gasteiger partial charge < -0.3 is 21.1 Å². The van der Waals surface area contributed by atoms with E-state index in [1.54, 1.807) is 18.2 Å². The van der Waals surface area contributed by atoms with E-state index in [9.17, 15) is 4.79 Å². The van der Waals surface area contributed by atoms with Crippen molar-refractivity contribution < 1.29 is 9.53 Å². The molecule has 1 aromatic rings. The van der Waals surface area contributed by atoms with Crippen LogP contribution in [0.1, 0.15) is 37.0 Å². The van der Waals surface area contributed by atoms with E-state index in [0.717, 1.165) is 25.1 Å². The number of ether oxygens (including phenoxy) is 1. The van der Waals surface area contributed by atoms with Gasteiger partial charge in [-0.2, -0.15) is 0 Å². The van der Waals surface area contributed by atoms with Gasteiger partial charge >= 0.3 is 0 Å². The van der Waals surface area contributed by atoms with Crippen LogP contribution in [0.4, 0.5) is 11.4 Å². The number of anilines is 2. The van der Waals surface area contributed by atoms with Crippen LogP contribution >= 0.6 is 0 Å². The molecule has 1 rings (SSSR count). The lowest BCUT2D eigenvalue weighted by molar-refractivity contribution is 0.0956. The first-order valence-corrected chi connectivity index (χ1v) is 7.18. The number of carbonyl (C=O) groups is 1. The maximum absolute atomic E-state index is 11.9. The molecule has 0 aromatic heterocycles. The third kappa shape index (κ3) is 5.48. The lowest BCUT2D eigenvalue weighted by Gasteiger charge is -2.13. The predicted octanol–water partition coefficient (Wildman–Crippen LogP) is 2.25. The Kier molecular flexibility index (Phi) is 7.50. The smallest absolute Gasteiger partial charge is 0.253 e. The summed E-state index contributed by atoms with van der Waals surface area (Å²) in [6, 6.07) is 5.24. The van der Waals surface area contributed by atoms with E-state index in [1.165, 1.54) is 0 Å². The summed E-state index contributed by atoms with van der Waals surface area (Å²) < 4.78 is 5.48. The maximum Gasteiger partial charge on any atom is 0.253 e. The summed E-state index contributed by atoms with van der Waals surface area (Å²) in [6.07, 6.45) is 2.20. The number of unbranched alkanes of at least 4 members (excludes halogenated alkanes) is 1. The maximum atomic E-state index is 11.9. The summed E-state index contributed by atoms with van der Waals surface area (Å²) in [4.78, 5) is 11.9. The number of rotatable bonds is 9. The molecule has 20 heavy (non-hydrogen) atoms. The number of nitrogen functional groups attached to an aromatic ring is 1. The molecule has 0 radical (unpaired) electrons. The van der Waals surface area contributed by atoms with Gasteiger partial charge in [0.2, 0.25) is 0 Å². The highest BCUT2D eigenvalue weighted by atomic mass is 16.5. The molecule has 0 saturated carbocycles. The zero-order valence-corrected chi connectivity index (χ0v) is 12.4. The molecule has 1 aromatic carbocycles. The van der Waals surface area contributed by atoms with Crippen molar-refractivity contribution in [2.75, 3.05) is 37.4 Å². The van der Waals surface area contributed by atoms with Crippen LogP contribution in [0.3, 0.4) is 0 Å². The molecule has 112 valence electrons. The van der Waals surface area contributed by atoms with Gasteiger partial charge in [-0.05, 0) is 31.5 Å². The molecule has 0 spiro atoms. The number of hydrogen-bond acceptors (Lipinski definition) is 4. The second kappa shape index (κ2) is 9.20. The third-order valence-electron chi connectivity index (χ3n) is 2.83. The Morgan fingerprint density at radius 1 is 1.30 bits per heavy atom. The van der Waals surface area contributed by atoms with Gasteiger partial charge in [0.15, 0.2) is 0 Å². The SMILES string of the molecule is CCCCOCCNc1cc(N)ccc1C(=O)NCC. The molecule has 0 aliphatic carbocycles. The molecule has 5 nitrogen and oxygen atoms in total. The Morgan fingerprint density at radius 3 is 2.80 bits per heavy atom. The van der Waals surface area contributed by atoms with E-state index in [-0.39, 0.29) is 5.91 Å². The minimum atomic E-state index is -0.0955. The fourth-order valence-corrected chi connectivity index (χ4v) is 1.77. The van der Waals surface area contributed by atoms with Crippen LogP contribution in [-0.2, 0) is 4.74 Å². The van der Waals surface area contributed by atoms with Crippen molar-refractivity contribution in [3.63, 3.8) is 0 Å². The van der Waals surface area contributed by atoms with Crippen molar-refractivity contribution in [2.24, 2.45) is 0 Å². The Bertz CT molecular complexity index is 422. The van der Waals surface area contributed by atoms with Gasteiger partial charge in [0.25, 0.3) is 5.91 Å². The molecule has 0 saturated heterocycles. The summed E-state index contributed by atoms with van der Waals surface area (Å²) in [5.41, 5.74) is 7.75. The zero-order chi connectivity index (χ0) is 14.8. The number of nitrogens with one attached hydrogen (secondary N) is 2. The molecule has 4 N–H and O–H groups in total. The minimum absolute atomic E-state index is 0.0955. The van der Waals surface area contributed by atoms with E-state index < -0.39 is 0 Å². The van der Waals surface area contributed by atoms with Crippen LogP contribution < -0.4 is 16.4 Å². The van der Waals surface area contributed by atoms with Crippen LogP contribution in [-0.4, -0.2) is 32.2 Å².